The van der Waals surface area contributed by atoms with Crippen LogP contribution in [0.25, 0.3) is 0 Å². The first-order valence-electron chi connectivity index (χ1n) is 8.86. The van der Waals surface area contributed by atoms with E-state index in [2.05, 4.69) is 5.32 Å². The van der Waals surface area contributed by atoms with Gasteiger partial charge in [0.05, 0.1) is 11.9 Å². The number of hydrogen-bond donors (Lipinski definition) is 1. The van der Waals surface area contributed by atoms with Crippen LogP contribution in [0.3, 0.4) is 0 Å². The molecule has 2 aromatic carbocycles. The van der Waals surface area contributed by atoms with E-state index in [9.17, 15) is 17.6 Å². The Morgan fingerprint density at radius 1 is 1.07 bits per heavy atom. The minimum Gasteiger partial charge on any atom is -0.324 e. The summed E-state index contributed by atoms with van der Waals surface area (Å²) in [6, 6.07) is 10.2. The quantitative estimate of drug-likeness (QED) is 0.780. The lowest BCUT2D eigenvalue weighted by Gasteiger charge is -2.29. The Hall–Kier alpha value is -2.41. The summed E-state index contributed by atoms with van der Waals surface area (Å²) in [6.07, 6.45) is 2.41. The van der Waals surface area contributed by atoms with E-state index in [1.54, 1.807) is 0 Å². The number of aryl methyl sites for hydroxylation is 2. The van der Waals surface area contributed by atoms with Crippen molar-refractivity contribution in [3.05, 3.63) is 59.4 Å². The van der Waals surface area contributed by atoms with E-state index < -0.39 is 27.8 Å². The van der Waals surface area contributed by atoms with Crippen LogP contribution < -0.4 is 9.62 Å². The third-order valence-corrected chi connectivity index (χ3v) is 5.65. The highest BCUT2D eigenvalue weighted by atomic mass is 32.2. The van der Waals surface area contributed by atoms with Gasteiger partial charge in [0, 0.05) is 5.69 Å². The molecule has 0 saturated heterocycles. The molecular formula is C20H25FN2O3S. The van der Waals surface area contributed by atoms with Crippen LogP contribution in [0, 0.1) is 5.82 Å². The molecule has 1 amide bonds. The first-order valence-corrected chi connectivity index (χ1v) is 10.7. The largest absolute Gasteiger partial charge is 0.324 e. The van der Waals surface area contributed by atoms with Gasteiger partial charge in [0.15, 0.2) is 0 Å². The number of anilines is 2. The maximum absolute atomic E-state index is 14.2. The fourth-order valence-corrected chi connectivity index (χ4v) is 4.22. The number of hydrogen-bond acceptors (Lipinski definition) is 3. The molecule has 0 bridgehead atoms. The first-order chi connectivity index (χ1) is 12.7. The Bertz CT molecular complexity index is 906. The van der Waals surface area contributed by atoms with Crippen LogP contribution in [0.5, 0.6) is 0 Å². The molecule has 0 radical (unpaired) electrons. The summed E-state index contributed by atoms with van der Waals surface area (Å²) < 4.78 is 39.7. The number of nitrogens with one attached hydrogen (secondary N) is 1. The number of sulfonamides is 1. The zero-order valence-corrected chi connectivity index (χ0v) is 16.8. The van der Waals surface area contributed by atoms with E-state index in [4.69, 9.17) is 0 Å². The van der Waals surface area contributed by atoms with Crippen LogP contribution in [0.15, 0.2) is 42.5 Å². The minimum absolute atomic E-state index is 0.151. The highest BCUT2D eigenvalue weighted by Gasteiger charge is 2.31. The molecule has 1 N–H and O–H groups in total. The highest BCUT2D eigenvalue weighted by molar-refractivity contribution is 7.92. The van der Waals surface area contributed by atoms with Gasteiger partial charge in [0.1, 0.15) is 11.9 Å². The molecule has 7 heteroatoms. The first kappa shape index (κ1) is 20.9. The Balaban J connectivity index is 2.42. The van der Waals surface area contributed by atoms with Crippen molar-refractivity contribution >= 4 is 27.3 Å². The number of benzene rings is 2. The molecule has 0 aromatic heterocycles. The van der Waals surface area contributed by atoms with Crippen LogP contribution >= 0.6 is 0 Å². The Labute approximate surface area is 160 Å². The van der Waals surface area contributed by atoms with Crippen molar-refractivity contribution < 1.29 is 17.6 Å². The number of halogens is 1. The van der Waals surface area contributed by atoms with Crippen LogP contribution in [0.1, 0.15) is 31.9 Å². The number of nitrogens with zero attached hydrogens (tertiary/aromatic N) is 1. The molecule has 0 spiro atoms. The van der Waals surface area contributed by atoms with Gasteiger partial charge in [-0.2, -0.15) is 0 Å². The van der Waals surface area contributed by atoms with Gasteiger partial charge >= 0.3 is 0 Å². The maximum atomic E-state index is 14.2. The van der Waals surface area contributed by atoms with Crippen molar-refractivity contribution in [1.29, 1.82) is 0 Å². The van der Waals surface area contributed by atoms with Crippen molar-refractivity contribution in [2.24, 2.45) is 0 Å². The molecule has 0 aliphatic heterocycles. The predicted octanol–water partition coefficient (Wildman–Crippen LogP) is 3.74. The summed E-state index contributed by atoms with van der Waals surface area (Å²) in [5, 5.41) is 2.86. The van der Waals surface area contributed by atoms with Gasteiger partial charge in [-0.1, -0.05) is 44.2 Å². The highest BCUT2D eigenvalue weighted by Crippen LogP contribution is 2.26. The fourth-order valence-electron chi connectivity index (χ4n) is 3.04. The minimum atomic E-state index is -3.88. The molecule has 146 valence electrons. The zero-order valence-electron chi connectivity index (χ0n) is 16.0. The Morgan fingerprint density at radius 3 is 2.11 bits per heavy atom. The van der Waals surface area contributed by atoms with Gasteiger partial charge in [0.2, 0.25) is 15.9 Å². The molecule has 0 heterocycles. The summed E-state index contributed by atoms with van der Waals surface area (Å²) in [5.74, 6) is -1.22. The normalized spacial score (nSPS) is 12.5. The second kappa shape index (κ2) is 8.52. The summed E-state index contributed by atoms with van der Waals surface area (Å²) in [4.78, 5) is 12.9. The molecule has 0 saturated carbocycles. The SMILES string of the molecule is CCc1cccc(CC)c1NC(=O)[C@@H](C)N(c1ccccc1F)S(C)(=O)=O. The average molecular weight is 392 g/mol. The third kappa shape index (κ3) is 4.66. The monoisotopic (exact) mass is 392 g/mol. The molecule has 5 nitrogen and oxygen atoms in total. The standard InChI is InChI=1S/C20H25FN2O3S/c1-5-15-10-9-11-16(6-2)19(15)22-20(24)14(3)23(27(4,25)26)18-13-8-7-12-17(18)21/h7-14H,5-6H2,1-4H3,(H,22,24)/t14-/m1/s1. The molecule has 2 rings (SSSR count). The lowest BCUT2D eigenvalue weighted by Crippen LogP contribution is -2.46. The van der Waals surface area contributed by atoms with E-state index in [1.165, 1.54) is 31.2 Å². The van der Waals surface area contributed by atoms with Gasteiger partial charge < -0.3 is 5.32 Å². The van der Waals surface area contributed by atoms with Crippen molar-refractivity contribution in [3.8, 4) is 0 Å². The summed E-state index contributed by atoms with van der Waals surface area (Å²) >= 11 is 0. The molecule has 0 unspecified atom stereocenters. The fraction of sp³-hybridized carbons (Fsp3) is 0.350. The van der Waals surface area contributed by atoms with Gasteiger partial charge in [0.25, 0.3) is 0 Å². The van der Waals surface area contributed by atoms with Crippen molar-refractivity contribution in [2.75, 3.05) is 15.9 Å². The second-order valence-electron chi connectivity index (χ2n) is 6.33. The summed E-state index contributed by atoms with van der Waals surface area (Å²) in [7, 11) is -3.88. The molecule has 2 aromatic rings. The molecule has 0 aliphatic rings. The summed E-state index contributed by atoms with van der Waals surface area (Å²) in [5.41, 5.74) is 2.47. The van der Waals surface area contributed by atoms with E-state index in [1.807, 2.05) is 32.0 Å². The Kier molecular flexibility index (Phi) is 6.59. The van der Waals surface area contributed by atoms with Crippen LogP contribution in [0.4, 0.5) is 15.8 Å². The number of amides is 1. The maximum Gasteiger partial charge on any atom is 0.248 e. The molecule has 0 aliphatic carbocycles. The zero-order chi connectivity index (χ0) is 20.2. The number of para-hydroxylation sites is 2. The van der Waals surface area contributed by atoms with Crippen molar-refractivity contribution in [3.63, 3.8) is 0 Å². The molecule has 27 heavy (non-hydrogen) atoms. The van der Waals surface area contributed by atoms with E-state index >= 15 is 0 Å². The smallest absolute Gasteiger partial charge is 0.248 e. The number of carbonyl (C=O) groups excluding carboxylic acids is 1. The van der Waals surface area contributed by atoms with Crippen LogP contribution in [0.2, 0.25) is 0 Å². The van der Waals surface area contributed by atoms with E-state index in [-0.39, 0.29) is 5.69 Å². The second-order valence-corrected chi connectivity index (χ2v) is 8.19. The number of carbonyl (C=O) groups is 1. The summed E-state index contributed by atoms with van der Waals surface area (Å²) in [6.45, 7) is 5.41. The van der Waals surface area contributed by atoms with Crippen molar-refractivity contribution in [1.82, 2.24) is 0 Å². The predicted molar refractivity (Wildman–Crippen MR) is 107 cm³/mol. The van der Waals surface area contributed by atoms with E-state index in [0.29, 0.717) is 5.69 Å². The molecular weight excluding hydrogens is 367 g/mol. The van der Waals surface area contributed by atoms with Crippen LogP contribution in [-0.2, 0) is 27.7 Å². The topological polar surface area (TPSA) is 66.5 Å². The van der Waals surface area contributed by atoms with Crippen LogP contribution in [-0.4, -0.2) is 26.6 Å². The third-order valence-electron chi connectivity index (χ3n) is 4.43. The van der Waals surface area contributed by atoms with Crippen molar-refractivity contribution in [2.45, 2.75) is 39.7 Å². The molecule has 0 fully saturated rings. The lowest BCUT2D eigenvalue weighted by atomic mass is 10.0. The van der Waals surface area contributed by atoms with E-state index in [0.717, 1.165) is 34.5 Å². The molecule has 1 atom stereocenters. The average Bonchev–Trinajstić information content (AvgIpc) is 2.62. The number of rotatable bonds is 7. The van der Waals surface area contributed by atoms with Gasteiger partial charge in [-0.15, -0.1) is 0 Å². The van der Waals surface area contributed by atoms with Gasteiger partial charge in [-0.05, 0) is 43.0 Å². The van der Waals surface area contributed by atoms with Gasteiger partial charge in [-0.25, -0.2) is 12.8 Å². The van der Waals surface area contributed by atoms with Gasteiger partial charge in [-0.3, -0.25) is 9.10 Å². The lowest BCUT2D eigenvalue weighted by molar-refractivity contribution is -0.116. The Morgan fingerprint density at radius 2 is 1.63 bits per heavy atom.